The number of rotatable bonds is 16. The summed E-state index contributed by atoms with van der Waals surface area (Å²) in [5, 5.41) is 0. The molecule has 0 radical (unpaired) electrons. The first kappa shape index (κ1) is 82.4. The van der Waals surface area contributed by atoms with Crippen LogP contribution in [0, 0.1) is 36.4 Å². The van der Waals surface area contributed by atoms with E-state index in [0.717, 1.165) is 168 Å². The van der Waals surface area contributed by atoms with Crippen LogP contribution in [0.5, 0.6) is 0 Å². The Bertz CT molecular complexity index is 5880. The molecule has 0 spiro atoms. The minimum atomic E-state index is -0.0589. The van der Waals surface area contributed by atoms with Crippen molar-refractivity contribution in [3.8, 4) is 179 Å². The molecule has 0 fully saturated rings. The van der Waals surface area contributed by atoms with E-state index in [9.17, 15) is 0 Å². The largest absolute Gasteiger partial charge is 3.00 e. The molecule has 17 rings (SSSR count). The molecule has 0 aliphatic rings. The van der Waals surface area contributed by atoms with Crippen molar-refractivity contribution in [2.75, 3.05) is 0 Å². The number of nitrogens with zero attached hydrogens (tertiary/aromatic N) is 10. The van der Waals surface area contributed by atoms with Gasteiger partial charge in [0.05, 0.1) is 0 Å². The van der Waals surface area contributed by atoms with E-state index >= 15 is 0 Å². The Hall–Kier alpha value is -12.7. The van der Waals surface area contributed by atoms with Gasteiger partial charge in [0.25, 0.3) is 0 Å². The summed E-state index contributed by atoms with van der Waals surface area (Å²) in [6.45, 7) is 26.6. The molecule has 10 nitrogen and oxygen atoms in total. The van der Waals surface area contributed by atoms with Gasteiger partial charge in [-0.25, -0.2) is 17.7 Å². The maximum absolute atomic E-state index is 5.23. The van der Waals surface area contributed by atoms with Gasteiger partial charge < -0.3 is 29.9 Å². The minimum Gasteiger partial charge on any atom is -0.333 e. The zero-order valence-corrected chi connectivity index (χ0v) is 73.8. The van der Waals surface area contributed by atoms with Gasteiger partial charge in [0, 0.05) is 84.7 Å². The van der Waals surface area contributed by atoms with Gasteiger partial charge in [-0.15, -0.1) is 119 Å². The third-order valence-corrected chi connectivity index (χ3v) is 21.8. The smallest absolute Gasteiger partial charge is 0.333 e. The van der Waals surface area contributed by atoms with Crippen LogP contribution < -0.4 is 0 Å². The quantitative estimate of drug-likeness (QED) is 0.0862. The van der Waals surface area contributed by atoms with Crippen LogP contribution in [0.4, 0.5) is 0 Å². The van der Waals surface area contributed by atoms with Crippen LogP contribution in [0.1, 0.15) is 105 Å². The Morgan fingerprint density at radius 2 is 0.458 bits per heavy atom. The maximum Gasteiger partial charge on any atom is 3.00 e. The normalized spacial score (nSPS) is 11.7. The van der Waals surface area contributed by atoms with Crippen LogP contribution in [0.3, 0.4) is 0 Å². The Kier molecular flexibility index (Phi) is 23.6. The van der Waals surface area contributed by atoms with Crippen LogP contribution in [-0.4, -0.2) is 49.8 Å². The SMILES string of the molecule is CC(C)(C)c1ccnc(-c2[c-]cc(-c3ncccc3-c3cc(-c4cccnc4-c4c[c-]c(-c5cc(C(C)(C)C)ccn5)cc4)cc(-c4cccc(-c5cc(-c6cccnc6-c6c[c-]c(-c7cc(C(C)(C)C)ccn7)cc6)cc(-c6cccnc6-c6c[c-]c(-c7cc(C(C)(C)C)ccn7)cc6)c5)c4-c4c[c-]c(-c5ncccn5)[c-]c4)c3)cc2)c1.[Ir+3].[Ir+3]. The van der Waals surface area contributed by atoms with Crippen LogP contribution in [0.25, 0.3) is 179 Å². The predicted molar refractivity (Wildman–Crippen MR) is 479 cm³/mol. The Labute approximate surface area is 731 Å². The summed E-state index contributed by atoms with van der Waals surface area (Å²) in [6, 6.07) is 107. The average molecular weight is 1910 g/mol. The van der Waals surface area contributed by atoms with E-state index in [-0.39, 0.29) is 61.9 Å². The van der Waals surface area contributed by atoms with E-state index in [1.54, 1.807) is 12.4 Å². The molecule has 586 valence electrons. The van der Waals surface area contributed by atoms with E-state index in [0.29, 0.717) is 11.4 Å². The van der Waals surface area contributed by atoms with Gasteiger partial charge in [0.2, 0.25) is 0 Å². The fraction of sp³-hybridized carbons (Fsp3) is 0.148. The molecule has 0 atom stereocenters. The van der Waals surface area contributed by atoms with Crippen LogP contribution >= 0.6 is 0 Å². The fourth-order valence-electron chi connectivity index (χ4n) is 15.2. The first-order chi connectivity index (χ1) is 57.0. The Morgan fingerprint density at radius 1 is 0.208 bits per heavy atom. The summed E-state index contributed by atoms with van der Waals surface area (Å²) < 4.78 is 0. The van der Waals surface area contributed by atoms with E-state index in [4.69, 9.17) is 39.9 Å². The van der Waals surface area contributed by atoms with Gasteiger partial charge in [-0.1, -0.05) is 178 Å². The summed E-state index contributed by atoms with van der Waals surface area (Å²) in [5.74, 6) is 0.519. The summed E-state index contributed by atoms with van der Waals surface area (Å²) in [5.41, 5.74) is 32.0. The van der Waals surface area contributed by atoms with Gasteiger partial charge in [-0.05, 0) is 230 Å². The number of pyridine rings is 8. The molecule has 9 aromatic heterocycles. The van der Waals surface area contributed by atoms with E-state index in [1.165, 1.54) is 22.3 Å². The van der Waals surface area contributed by atoms with Crippen LogP contribution in [-0.2, 0) is 61.9 Å². The molecule has 0 aliphatic carbocycles. The second-order valence-corrected chi connectivity index (χ2v) is 34.1. The minimum absolute atomic E-state index is 0. The molecule has 0 saturated carbocycles. The summed E-state index contributed by atoms with van der Waals surface area (Å²) >= 11 is 0. The van der Waals surface area contributed by atoms with Gasteiger partial charge in [-0.2, -0.15) is 5.56 Å². The number of hydrogen-bond donors (Lipinski definition) is 0. The van der Waals surface area contributed by atoms with Crippen molar-refractivity contribution in [3.63, 3.8) is 0 Å². The first-order valence-corrected chi connectivity index (χ1v) is 39.9. The zero-order valence-electron chi connectivity index (χ0n) is 69.0. The monoisotopic (exact) mass is 1910 g/mol. The third-order valence-electron chi connectivity index (χ3n) is 21.8. The van der Waals surface area contributed by atoms with Crippen molar-refractivity contribution < 1.29 is 40.2 Å². The van der Waals surface area contributed by atoms with Gasteiger partial charge in [-0.3, -0.25) is 32.1 Å². The van der Waals surface area contributed by atoms with Crippen LogP contribution in [0.15, 0.2) is 305 Å². The van der Waals surface area contributed by atoms with Crippen molar-refractivity contribution in [1.29, 1.82) is 0 Å². The van der Waals surface area contributed by atoms with Crippen molar-refractivity contribution in [2.24, 2.45) is 0 Å². The molecule has 0 aliphatic heterocycles. The van der Waals surface area contributed by atoms with E-state index in [2.05, 4.69) is 305 Å². The summed E-state index contributed by atoms with van der Waals surface area (Å²) in [7, 11) is 0. The van der Waals surface area contributed by atoms with E-state index < -0.39 is 0 Å². The molecule has 9 heterocycles. The molecule has 8 aromatic carbocycles. The van der Waals surface area contributed by atoms with Crippen LogP contribution in [0.2, 0.25) is 0 Å². The molecular formula is C108H86Ir2N10. The van der Waals surface area contributed by atoms with Crippen molar-refractivity contribution in [1.82, 2.24) is 49.8 Å². The summed E-state index contributed by atoms with van der Waals surface area (Å²) in [4.78, 5) is 49.5. The molecular weight excluding hydrogens is 1820 g/mol. The number of benzene rings is 8. The Balaban J connectivity index is 0.00000561. The Morgan fingerprint density at radius 3 is 0.717 bits per heavy atom. The second-order valence-electron chi connectivity index (χ2n) is 34.1. The molecule has 0 saturated heterocycles. The molecule has 120 heavy (non-hydrogen) atoms. The standard InChI is InChI=1S/C108H86N10.2Ir/c1-105(2,3)85-45-55-109-95(65-85)69-25-35-74(36-26-69)100-91(21-14-49-113-100)81-59-79(60-82(63-81)92-22-15-50-114-101(92)75-37-27-70(28-38-75)96-66-86(46-56-110-96)106(4,5)6)89-19-13-20-90(99(89)73-33-43-78(44-34-73)104-117-53-18-54-118-104)80-61-83(93-23-16-51-115-102(93)76-39-29-71(30-40-76)97-67-87(47-57-111-97)107(7,8)9)64-84(62-80)94-24-17-52-116-103(94)77-41-31-72(32-42-77)98-68-88(48-58-112-98)108(10,11)12;;/h13-25,27,29,31,33-42,45-68H,1-12H3;;/q-6;2*+3. The first-order valence-electron chi connectivity index (χ1n) is 39.9. The molecule has 0 unspecified atom stereocenters. The second kappa shape index (κ2) is 34.4. The fourth-order valence-corrected chi connectivity index (χ4v) is 15.2. The molecule has 0 N–H and O–H groups in total. The maximum atomic E-state index is 5.23. The van der Waals surface area contributed by atoms with Crippen molar-refractivity contribution in [2.45, 2.75) is 105 Å². The predicted octanol–water partition coefficient (Wildman–Crippen LogP) is 26.3. The molecule has 0 bridgehead atoms. The zero-order chi connectivity index (χ0) is 81.5. The summed E-state index contributed by atoms with van der Waals surface area (Å²) in [6.07, 6.45) is 18.5. The molecule has 17 aromatic rings. The topological polar surface area (TPSA) is 129 Å². The third kappa shape index (κ3) is 17.6. The molecule has 0 amide bonds. The van der Waals surface area contributed by atoms with Gasteiger partial charge in [0.15, 0.2) is 0 Å². The van der Waals surface area contributed by atoms with Gasteiger partial charge in [0.1, 0.15) is 0 Å². The molecule has 12 heteroatoms. The van der Waals surface area contributed by atoms with Crippen molar-refractivity contribution in [3.05, 3.63) is 363 Å². The average Bonchev–Trinajstić information content (AvgIpc) is 0.755. The van der Waals surface area contributed by atoms with E-state index in [1.807, 2.05) is 116 Å². The number of aromatic nitrogens is 10. The number of hydrogen-bond acceptors (Lipinski definition) is 10. The van der Waals surface area contributed by atoms with Gasteiger partial charge >= 0.3 is 40.2 Å². The van der Waals surface area contributed by atoms with Crippen molar-refractivity contribution >= 4 is 0 Å².